The van der Waals surface area contributed by atoms with Crippen molar-refractivity contribution in [3.63, 3.8) is 0 Å². The number of hydrogen-bond acceptors (Lipinski definition) is 4. The van der Waals surface area contributed by atoms with E-state index in [1.54, 1.807) is 0 Å². The Morgan fingerprint density at radius 3 is 2.13 bits per heavy atom. The molecule has 5 heteroatoms. The van der Waals surface area contributed by atoms with Crippen molar-refractivity contribution in [2.24, 2.45) is 0 Å². The molecule has 12 rings (SSSR count). The van der Waals surface area contributed by atoms with Crippen LogP contribution >= 0.6 is 11.3 Å². The van der Waals surface area contributed by atoms with Gasteiger partial charge in [-0.25, -0.2) is 9.97 Å². The van der Waals surface area contributed by atoms with E-state index >= 15 is 0 Å². The highest BCUT2D eigenvalue weighted by Crippen LogP contribution is 2.46. The summed E-state index contributed by atoms with van der Waals surface area (Å²) in [6.45, 7) is 0. The number of para-hydroxylation sites is 3. The van der Waals surface area contributed by atoms with Crippen LogP contribution in [-0.2, 0) is 0 Å². The molecule has 0 fully saturated rings. The summed E-state index contributed by atoms with van der Waals surface area (Å²) in [4.78, 5) is 10.8. The standard InChI is InChI=1S/C48H27N3OS/c1-2-12-29-25-31(22-21-28(29)11-1)45-34-15-3-7-17-39(34)49-48(50-45)51-40-18-8-4-16-35(40)44-36(27-38-32-13-5-9-19-41(32)52-47(38)46(44)51)30-23-24-43-37(26-30)33-14-6-10-20-42(33)53-43/h1-27H. The van der Waals surface area contributed by atoms with E-state index in [4.69, 9.17) is 14.4 Å². The molecule has 0 unspecified atom stereocenters. The molecule has 12 aromatic rings. The van der Waals surface area contributed by atoms with Crippen molar-refractivity contribution in [1.82, 2.24) is 14.5 Å². The van der Waals surface area contributed by atoms with Crippen LogP contribution in [-0.4, -0.2) is 14.5 Å². The second-order valence-corrected chi connectivity index (χ2v) is 14.8. The summed E-state index contributed by atoms with van der Waals surface area (Å²) >= 11 is 1.84. The third kappa shape index (κ3) is 4.17. The van der Waals surface area contributed by atoms with Crippen molar-refractivity contribution in [3.05, 3.63) is 164 Å². The van der Waals surface area contributed by atoms with E-state index in [-0.39, 0.29) is 0 Å². The first kappa shape index (κ1) is 28.8. The molecule has 0 radical (unpaired) electrons. The normalized spacial score (nSPS) is 12.2. The van der Waals surface area contributed by atoms with E-state index in [2.05, 4.69) is 162 Å². The quantitative estimate of drug-likeness (QED) is 0.185. The van der Waals surface area contributed by atoms with E-state index in [1.165, 1.54) is 30.9 Å². The molecule has 0 bridgehead atoms. The van der Waals surface area contributed by atoms with Gasteiger partial charge in [0.2, 0.25) is 5.95 Å². The van der Waals surface area contributed by atoms with E-state index in [9.17, 15) is 0 Å². The van der Waals surface area contributed by atoms with Gasteiger partial charge in [-0.2, -0.15) is 0 Å². The van der Waals surface area contributed by atoms with Gasteiger partial charge in [-0.1, -0.05) is 115 Å². The summed E-state index contributed by atoms with van der Waals surface area (Å²) in [7, 11) is 0. The van der Waals surface area contributed by atoms with Crippen LogP contribution < -0.4 is 0 Å². The topological polar surface area (TPSA) is 43.9 Å². The zero-order valence-electron chi connectivity index (χ0n) is 28.2. The van der Waals surface area contributed by atoms with Crippen LogP contribution in [0.1, 0.15) is 0 Å². The Morgan fingerprint density at radius 2 is 1.21 bits per heavy atom. The maximum atomic E-state index is 6.84. The van der Waals surface area contributed by atoms with Crippen LogP contribution in [0.5, 0.6) is 0 Å². The average Bonchev–Trinajstić information content (AvgIpc) is 3.89. The van der Waals surface area contributed by atoms with Crippen molar-refractivity contribution in [2.75, 3.05) is 0 Å². The first-order valence-electron chi connectivity index (χ1n) is 17.8. The smallest absolute Gasteiger partial charge is 0.235 e. The lowest BCUT2D eigenvalue weighted by Crippen LogP contribution is -2.03. The van der Waals surface area contributed by atoms with Gasteiger partial charge in [0.1, 0.15) is 11.1 Å². The van der Waals surface area contributed by atoms with Crippen molar-refractivity contribution in [3.8, 4) is 28.3 Å². The number of benzene rings is 8. The lowest BCUT2D eigenvalue weighted by Gasteiger charge is -2.13. The van der Waals surface area contributed by atoms with Crippen molar-refractivity contribution in [1.29, 1.82) is 0 Å². The van der Waals surface area contributed by atoms with Crippen LogP contribution in [0.3, 0.4) is 0 Å². The first-order valence-corrected chi connectivity index (χ1v) is 18.6. The average molecular weight is 694 g/mol. The van der Waals surface area contributed by atoms with E-state index in [1.807, 2.05) is 17.4 Å². The number of aromatic nitrogens is 3. The zero-order valence-corrected chi connectivity index (χ0v) is 29.1. The maximum Gasteiger partial charge on any atom is 0.235 e. The molecule has 0 saturated carbocycles. The monoisotopic (exact) mass is 693 g/mol. The summed E-state index contributed by atoms with van der Waals surface area (Å²) in [5.74, 6) is 0.608. The molecule has 4 heterocycles. The number of rotatable bonds is 3. The van der Waals surface area contributed by atoms with Crippen LogP contribution in [0, 0.1) is 0 Å². The van der Waals surface area contributed by atoms with Gasteiger partial charge in [-0.15, -0.1) is 11.3 Å². The molecule has 4 aromatic heterocycles. The largest absolute Gasteiger partial charge is 0.454 e. The van der Waals surface area contributed by atoms with E-state index in [0.29, 0.717) is 5.95 Å². The molecule has 0 spiro atoms. The first-order chi connectivity index (χ1) is 26.3. The van der Waals surface area contributed by atoms with Gasteiger partial charge >= 0.3 is 0 Å². The molecule has 0 amide bonds. The van der Waals surface area contributed by atoms with Crippen LogP contribution in [0.25, 0.3) is 114 Å². The lowest BCUT2D eigenvalue weighted by atomic mass is 9.95. The molecule has 4 nitrogen and oxygen atoms in total. The number of furan rings is 1. The van der Waals surface area contributed by atoms with Crippen LogP contribution in [0.15, 0.2) is 168 Å². The predicted molar refractivity (Wildman–Crippen MR) is 222 cm³/mol. The fourth-order valence-electron chi connectivity index (χ4n) is 8.38. The Labute approximate surface area is 306 Å². The molecule has 53 heavy (non-hydrogen) atoms. The van der Waals surface area contributed by atoms with Gasteiger partial charge < -0.3 is 4.42 Å². The molecule has 0 N–H and O–H groups in total. The Morgan fingerprint density at radius 1 is 0.491 bits per heavy atom. The molecule has 246 valence electrons. The van der Waals surface area contributed by atoms with E-state index < -0.39 is 0 Å². The van der Waals surface area contributed by atoms with Gasteiger partial charge in [0.05, 0.1) is 16.7 Å². The minimum absolute atomic E-state index is 0.608. The third-order valence-electron chi connectivity index (χ3n) is 10.8. The summed E-state index contributed by atoms with van der Waals surface area (Å²) in [6.07, 6.45) is 0. The fraction of sp³-hybridized carbons (Fsp3) is 0. The summed E-state index contributed by atoms with van der Waals surface area (Å²) in [6, 6.07) is 58.3. The SMILES string of the molecule is c1ccc2cc(-c3nc(-n4c5ccccc5c5c(-c6ccc7sc8ccccc8c7c6)cc6c7ccccc7oc6c54)nc4ccccc34)ccc2c1. The lowest BCUT2D eigenvalue weighted by molar-refractivity contribution is 0.671. The Bertz CT molecular complexity index is 3480. The molecular weight excluding hydrogens is 667 g/mol. The number of nitrogens with zero attached hydrogens (tertiary/aromatic N) is 3. The number of hydrogen-bond donors (Lipinski definition) is 0. The minimum Gasteiger partial charge on any atom is -0.454 e. The number of fused-ring (bicyclic) bond motifs is 12. The van der Waals surface area contributed by atoms with Crippen LogP contribution in [0.2, 0.25) is 0 Å². The molecule has 0 atom stereocenters. The van der Waals surface area contributed by atoms with Crippen LogP contribution in [0.4, 0.5) is 0 Å². The molecule has 0 aliphatic heterocycles. The van der Waals surface area contributed by atoms with Gasteiger partial charge in [0, 0.05) is 52.7 Å². The number of thiophene rings is 1. The third-order valence-corrected chi connectivity index (χ3v) is 11.9. The van der Waals surface area contributed by atoms with Gasteiger partial charge in [0.25, 0.3) is 0 Å². The maximum absolute atomic E-state index is 6.84. The summed E-state index contributed by atoms with van der Waals surface area (Å²) in [5, 5.41) is 10.3. The summed E-state index contributed by atoms with van der Waals surface area (Å²) < 4.78 is 11.7. The predicted octanol–water partition coefficient (Wildman–Crippen LogP) is 13.5. The van der Waals surface area contributed by atoms with Gasteiger partial charge in [0.15, 0.2) is 5.58 Å². The highest BCUT2D eigenvalue weighted by atomic mass is 32.1. The minimum atomic E-state index is 0.608. The fourth-order valence-corrected chi connectivity index (χ4v) is 9.47. The highest BCUT2D eigenvalue weighted by Gasteiger charge is 2.25. The molecule has 0 aliphatic rings. The van der Waals surface area contributed by atoms with Crippen molar-refractivity contribution in [2.45, 2.75) is 0 Å². The second kappa shape index (κ2) is 10.8. The summed E-state index contributed by atoms with van der Waals surface area (Å²) in [5.41, 5.74) is 8.82. The molecule has 0 aliphatic carbocycles. The molecule has 8 aromatic carbocycles. The van der Waals surface area contributed by atoms with Gasteiger partial charge in [-0.05, 0) is 70.4 Å². The van der Waals surface area contributed by atoms with Gasteiger partial charge in [-0.3, -0.25) is 4.57 Å². The Kier molecular flexibility index (Phi) is 5.90. The Hall–Kier alpha value is -6.82. The molecular formula is C48H27N3OS. The van der Waals surface area contributed by atoms with E-state index in [0.717, 1.165) is 77.0 Å². The molecule has 0 saturated heterocycles. The zero-order chi connectivity index (χ0) is 34.6. The van der Waals surface area contributed by atoms with Crippen molar-refractivity contribution >= 4 is 96.9 Å². The van der Waals surface area contributed by atoms with Crippen molar-refractivity contribution < 1.29 is 4.42 Å². The second-order valence-electron chi connectivity index (χ2n) is 13.7. The highest BCUT2D eigenvalue weighted by molar-refractivity contribution is 7.25. The Balaban J connectivity index is 1.23.